The quantitative estimate of drug-likeness (QED) is 0.348. The number of nitrogens with zero attached hydrogens (tertiary/aromatic N) is 1. The number of fused-ring (bicyclic) bond motifs is 2. The lowest BCUT2D eigenvalue weighted by Crippen LogP contribution is -2.25. The molecule has 1 aliphatic carbocycles. The summed E-state index contributed by atoms with van der Waals surface area (Å²) in [7, 11) is 0. The third-order valence-electron chi connectivity index (χ3n) is 5.72. The number of para-hydroxylation sites is 1. The van der Waals surface area contributed by atoms with E-state index in [9.17, 15) is 9.59 Å². The minimum atomic E-state index is -0.914. The van der Waals surface area contributed by atoms with Gasteiger partial charge in [0.2, 0.25) is 0 Å². The van der Waals surface area contributed by atoms with Crippen LogP contribution in [0.4, 0.5) is 4.79 Å². The van der Waals surface area contributed by atoms with E-state index in [0.717, 1.165) is 16.5 Å². The predicted molar refractivity (Wildman–Crippen MR) is 126 cm³/mol. The monoisotopic (exact) mass is 435 g/mol. The Hall–Kier alpha value is -4.25. The first-order valence-corrected chi connectivity index (χ1v) is 10.6. The fourth-order valence-corrected chi connectivity index (χ4v) is 4.01. The van der Waals surface area contributed by atoms with Crippen molar-refractivity contribution in [3.63, 3.8) is 0 Å². The zero-order valence-electron chi connectivity index (χ0n) is 18.2. The smallest absolute Gasteiger partial charge is 0.423 e. The molecule has 0 bridgehead atoms. The Labute approximate surface area is 191 Å². The molecule has 162 valence electrons. The summed E-state index contributed by atoms with van der Waals surface area (Å²) >= 11 is 0. The van der Waals surface area contributed by atoms with E-state index in [-0.39, 0.29) is 17.1 Å². The van der Waals surface area contributed by atoms with Crippen molar-refractivity contribution in [2.45, 2.75) is 19.4 Å². The van der Waals surface area contributed by atoms with Gasteiger partial charge in [0, 0.05) is 16.5 Å². The predicted octanol–water partition coefficient (Wildman–Crippen LogP) is 6.39. The standard InChI is InChI=1S/C28H21NO4/c1-28(2,19-11-4-3-5-12-19)33-27(31)32-26-21-14-8-7-13-20(21)25(30)24(26)23-17-16-18-10-6-9-15-22(18)29-23/h3-17H,1-2H3. The van der Waals surface area contributed by atoms with Crippen LogP contribution in [-0.2, 0) is 15.1 Å². The number of carbonyl (C=O) groups excluding carboxylic acids is 2. The van der Waals surface area contributed by atoms with Crippen molar-refractivity contribution in [2.75, 3.05) is 0 Å². The first kappa shape index (κ1) is 20.6. The molecule has 0 saturated heterocycles. The Bertz CT molecular complexity index is 1420. The number of benzene rings is 3. The van der Waals surface area contributed by atoms with Gasteiger partial charge in [0.15, 0.2) is 11.5 Å². The number of allylic oxidation sites excluding steroid dienone is 1. The summed E-state index contributed by atoms with van der Waals surface area (Å²) in [6.45, 7) is 3.58. The summed E-state index contributed by atoms with van der Waals surface area (Å²) in [5.41, 5.74) is 2.36. The Morgan fingerprint density at radius 2 is 1.45 bits per heavy atom. The van der Waals surface area contributed by atoms with Gasteiger partial charge in [-0.1, -0.05) is 78.9 Å². The lowest BCUT2D eigenvalue weighted by atomic mass is 9.98. The van der Waals surface area contributed by atoms with E-state index in [1.807, 2.05) is 60.7 Å². The number of ketones is 1. The van der Waals surface area contributed by atoms with Crippen LogP contribution < -0.4 is 0 Å². The molecule has 0 atom stereocenters. The average Bonchev–Trinajstić information content (AvgIpc) is 3.10. The van der Waals surface area contributed by atoms with Crippen molar-refractivity contribution in [3.05, 3.63) is 113 Å². The number of aromatic nitrogens is 1. The van der Waals surface area contributed by atoms with Crippen LogP contribution in [0.25, 0.3) is 22.2 Å². The molecule has 33 heavy (non-hydrogen) atoms. The van der Waals surface area contributed by atoms with Gasteiger partial charge < -0.3 is 9.47 Å². The van der Waals surface area contributed by atoms with E-state index in [1.165, 1.54) is 0 Å². The SMILES string of the molecule is CC(C)(OC(=O)OC1=C(c2ccc3ccccc3n2)C(=O)c2ccccc21)c1ccccc1. The first-order valence-electron chi connectivity index (χ1n) is 10.6. The highest BCUT2D eigenvalue weighted by Crippen LogP contribution is 2.39. The molecule has 0 amide bonds. The number of carbonyl (C=O) groups is 2. The summed E-state index contributed by atoms with van der Waals surface area (Å²) in [6.07, 6.45) is -0.887. The van der Waals surface area contributed by atoms with Crippen molar-refractivity contribution >= 4 is 34.2 Å². The average molecular weight is 435 g/mol. The van der Waals surface area contributed by atoms with E-state index in [4.69, 9.17) is 9.47 Å². The van der Waals surface area contributed by atoms with Crippen LogP contribution in [0.3, 0.4) is 0 Å². The molecule has 0 saturated carbocycles. The molecule has 1 aliphatic rings. The molecule has 5 nitrogen and oxygen atoms in total. The van der Waals surface area contributed by atoms with Crippen LogP contribution in [0.1, 0.15) is 41.0 Å². The highest BCUT2D eigenvalue weighted by molar-refractivity contribution is 6.39. The number of hydrogen-bond acceptors (Lipinski definition) is 5. The molecular formula is C28H21NO4. The molecule has 0 radical (unpaired) electrons. The van der Waals surface area contributed by atoms with E-state index in [0.29, 0.717) is 16.8 Å². The van der Waals surface area contributed by atoms with Crippen LogP contribution in [0.2, 0.25) is 0 Å². The molecule has 5 rings (SSSR count). The normalized spacial score (nSPS) is 13.2. The van der Waals surface area contributed by atoms with E-state index < -0.39 is 11.8 Å². The third-order valence-corrected chi connectivity index (χ3v) is 5.72. The molecular weight excluding hydrogens is 414 g/mol. The van der Waals surface area contributed by atoms with Crippen LogP contribution in [0.15, 0.2) is 91.0 Å². The second-order valence-electron chi connectivity index (χ2n) is 8.30. The Morgan fingerprint density at radius 1 is 0.788 bits per heavy atom. The first-order chi connectivity index (χ1) is 15.9. The van der Waals surface area contributed by atoms with Gasteiger partial charge in [-0.2, -0.15) is 0 Å². The van der Waals surface area contributed by atoms with Gasteiger partial charge in [0.1, 0.15) is 5.60 Å². The summed E-state index contributed by atoms with van der Waals surface area (Å²) < 4.78 is 11.4. The highest BCUT2D eigenvalue weighted by Gasteiger charge is 2.35. The van der Waals surface area contributed by atoms with Gasteiger partial charge in [-0.05, 0) is 31.5 Å². The largest absolute Gasteiger partial charge is 0.514 e. The molecule has 0 aliphatic heterocycles. The third kappa shape index (κ3) is 3.78. The number of ether oxygens (including phenoxy) is 2. The van der Waals surface area contributed by atoms with Gasteiger partial charge in [-0.15, -0.1) is 0 Å². The van der Waals surface area contributed by atoms with Crippen molar-refractivity contribution in [1.29, 1.82) is 0 Å². The fraction of sp³-hybridized carbons (Fsp3) is 0.107. The van der Waals surface area contributed by atoms with E-state index in [1.54, 1.807) is 44.2 Å². The zero-order chi connectivity index (χ0) is 23.0. The minimum absolute atomic E-state index is 0.159. The Balaban J connectivity index is 1.54. The molecule has 4 aromatic rings. The molecule has 0 unspecified atom stereocenters. The Morgan fingerprint density at radius 3 is 2.24 bits per heavy atom. The van der Waals surface area contributed by atoms with Gasteiger partial charge in [-0.25, -0.2) is 9.78 Å². The lowest BCUT2D eigenvalue weighted by Gasteiger charge is -2.25. The summed E-state index contributed by atoms with van der Waals surface area (Å²) in [6, 6.07) is 27.8. The topological polar surface area (TPSA) is 65.5 Å². The molecule has 1 aromatic heterocycles. The maximum absolute atomic E-state index is 13.3. The summed E-state index contributed by atoms with van der Waals surface area (Å²) in [4.78, 5) is 30.8. The highest BCUT2D eigenvalue weighted by atomic mass is 16.7. The summed E-state index contributed by atoms with van der Waals surface area (Å²) in [5, 5.41) is 0.955. The molecule has 5 heteroatoms. The maximum Gasteiger partial charge on any atom is 0.514 e. The van der Waals surface area contributed by atoms with Crippen molar-refractivity contribution in [2.24, 2.45) is 0 Å². The zero-order valence-corrected chi connectivity index (χ0v) is 18.2. The van der Waals surface area contributed by atoms with Gasteiger partial charge in [0.05, 0.1) is 16.8 Å². The van der Waals surface area contributed by atoms with Crippen molar-refractivity contribution in [3.8, 4) is 0 Å². The van der Waals surface area contributed by atoms with Gasteiger partial charge in [0.25, 0.3) is 0 Å². The molecule has 0 N–H and O–H groups in total. The van der Waals surface area contributed by atoms with Crippen molar-refractivity contribution in [1.82, 2.24) is 4.98 Å². The van der Waals surface area contributed by atoms with Crippen LogP contribution in [0, 0.1) is 0 Å². The Kier molecular flexibility index (Phi) is 5.02. The van der Waals surface area contributed by atoms with Crippen LogP contribution >= 0.6 is 0 Å². The minimum Gasteiger partial charge on any atom is -0.423 e. The maximum atomic E-state index is 13.3. The van der Waals surface area contributed by atoms with Crippen molar-refractivity contribution < 1.29 is 19.1 Å². The lowest BCUT2D eigenvalue weighted by molar-refractivity contribution is 0.00110. The number of pyridine rings is 1. The molecule has 0 fully saturated rings. The number of hydrogen-bond donors (Lipinski definition) is 0. The molecule has 1 heterocycles. The van der Waals surface area contributed by atoms with Gasteiger partial charge in [-0.3, -0.25) is 4.79 Å². The number of Topliss-reactive ketones (excluding diaryl/α,β-unsaturated/α-hetero) is 1. The van der Waals surface area contributed by atoms with E-state index in [2.05, 4.69) is 4.98 Å². The second kappa shape index (κ2) is 8.02. The van der Waals surface area contributed by atoms with Crippen LogP contribution in [0.5, 0.6) is 0 Å². The second-order valence-corrected chi connectivity index (χ2v) is 8.30. The summed E-state index contributed by atoms with van der Waals surface area (Å²) in [5.74, 6) is -0.0780. The number of rotatable bonds is 4. The van der Waals surface area contributed by atoms with E-state index >= 15 is 0 Å². The molecule has 0 spiro atoms. The molecule has 3 aromatic carbocycles. The fourth-order valence-electron chi connectivity index (χ4n) is 4.01. The van der Waals surface area contributed by atoms with Crippen LogP contribution in [-0.4, -0.2) is 16.9 Å². The van der Waals surface area contributed by atoms with Gasteiger partial charge >= 0.3 is 6.16 Å².